The molecule has 0 aliphatic rings. The third-order valence-electron chi connectivity index (χ3n) is 2.00. The largest absolute Gasteiger partial charge is 0.345 e. The third kappa shape index (κ3) is 6.50. The van der Waals surface area contributed by atoms with Crippen LogP contribution < -0.4 is 11.1 Å². The standard InChI is InChI=1S/C11H20N2O/c1-4-5-13-11(14)7-10(8-12)6-9(2)3/h1,9-10H,5-8,12H2,2-3H3,(H,13,14)/t10-/m0/s1. The zero-order valence-corrected chi connectivity index (χ0v) is 9.05. The molecule has 0 spiro atoms. The van der Waals surface area contributed by atoms with Gasteiger partial charge in [-0.05, 0) is 24.8 Å². The maximum atomic E-state index is 11.3. The molecule has 80 valence electrons. The van der Waals surface area contributed by atoms with Crippen LogP contribution in [0.5, 0.6) is 0 Å². The summed E-state index contributed by atoms with van der Waals surface area (Å²) in [4.78, 5) is 11.3. The summed E-state index contributed by atoms with van der Waals surface area (Å²) in [5.41, 5.74) is 5.58. The SMILES string of the molecule is C#CCNC(=O)C[C@@H](CN)CC(C)C. The number of carbonyl (C=O) groups is 1. The molecule has 1 amide bonds. The second-order valence-corrected chi connectivity index (χ2v) is 3.92. The van der Waals surface area contributed by atoms with Gasteiger partial charge in [-0.15, -0.1) is 6.42 Å². The third-order valence-corrected chi connectivity index (χ3v) is 2.00. The van der Waals surface area contributed by atoms with Crippen LogP contribution >= 0.6 is 0 Å². The highest BCUT2D eigenvalue weighted by Gasteiger charge is 2.13. The summed E-state index contributed by atoms with van der Waals surface area (Å²) >= 11 is 0. The minimum absolute atomic E-state index is 0.000880. The first-order chi connectivity index (χ1) is 6.60. The highest BCUT2D eigenvalue weighted by Crippen LogP contribution is 2.13. The molecule has 3 heteroatoms. The fourth-order valence-corrected chi connectivity index (χ4v) is 1.41. The predicted molar refractivity (Wildman–Crippen MR) is 58.5 cm³/mol. The van der Waals surface area contributed by atoms with Gasteiger partial charge in [-0.2, -0.15) is 0 Å². The van der Waals surface area contributed by atoms with Gasteiger partial charge in [0.1, 0.15) is 0 Å². The highest BCUT2D eigenvalue weighted by molar-refractivity contribution is 5.76. The number of nitrogens with two attached hydrogens (primary N) is 1. The van der Waals surface area contributed by atoms with E-state index in [1.165, 1.54) is 0 Å². The second kappa shape index (κ2) is 7.40. The van der Waals surface area contributed by atoms with Crippen molar-refractivity contribution in [1.82, 2.24) is 5.32 Å². The van der Waals surface area contributed by atoms with Crippen molar-refractivity contribution in [2.75, 3.05) is 13.1 Å². The molecule has 0 fully saturated rings. The lowest BCUT2D eigenvalue weighted by molar-refractivity contribution is -0.121. The van der Waals surface area contributed by atoms with Crippen molar-refractivity contribution >= 4 is 5.91 Å². The van der Waals surface area contributed by atoms with E-state index < -0.39 is 0 Å². The molecule has 0 aliphatic heterocycles. The van der Waals surface area contributed by atoms with Crippen molar-refractivity contribution in [3.8, 4) is 12.3 Å². The van der Waals surface area contributed by atoms with Crippen LogP contribution in [-0.4, -0.2) is 19.0 Å². The van der Waals surface area contributed by atoms with E-state index in [9.17, 15) is 4.79 Å². The number of terminal acetylenes is 1. The minimum Gasteiger partial charge on any atom is -0.345 e. The lowest BCUT2D eigenvalue weighted by Crippen LogP contribution is -2.29. The maximum absolute atomic E-state index is 11.3. The zero-order valence-electron chi connectivity index (χ0n) is 9.05. The van der Waals surface area contributed by atoms with Crippen molar-refractivity contribution in [2.24, 2.45) is 17.6 Å². The normalized spacial score (nSPS) is 12.2. The number of amides is 1. The Morgan fingerprint density at radius 2 is 2.21 bits per heavy atom. The molecular formula is C11H20N2O. The topological polar surface area (TPSA) is 55.1 Å². The monoisotopic (exact) mass is 196 g/mol. The molecule has 0 saturated carbocycles. The van der Waals surface area contributed by atoms with Gasteiger partial charge in [-0.25, -0.2) is 0 Å². The first-order valence-corrected chi connectivity index (χ1v) is 5.00. The average Bonchev–Trinajstić information content (AvgIpc) is 2.12. The molecule has 0 saturated heterocycles. The first kappa shape index (κ1) is 13.0. The Bertz CT molecular complexity index is 206. The number of hydrogen-bond donors (Lipinski definition) is 2. The van der Waals surface area contributed by atoms with Gasteiger partial charge in [0.05, 0.1) is 6.54 Å². The zero-order chi connectivity index (χ0) is 11.0. The fourth-order valence-electron chi connectivity index (χ4n) is 1.41. The molecule has 0 aromatic rings. The van der Waals surface area contributed by atoms with E-state index in [4.69, 9.17) is 12.2 Å². The van der Waals surface area contributed by atoms with Crippen LogP contribution in [0.3, 0.4) is 0 Å². The Morgan fingerprint density at radius 1 is 1.57 bits per heavy atom. The molecule has 0 aliphatic carbocycles. The van der Waals surface area contributed by atoms with Gasteiger partial charge in [0.25, 0.3) is 0 Å². The van der Waals surface area contributed by atoms with Crippen LogP contribution in [0.25, 0.3) is 0 Å². The van der Waals surface area contributed by atoms with Crippen LogP contribution in [0.15, 0.2) is 0 Å². The smallest absolute Gasteiger partial charge is 0.221 e. The Morgan fingerprint density at radius 3 is 2.64 bits per heavy atom. The summed E-state index contributed by atoms with van der Waals surface area (Å²) in [6, 6.07) is 0. The summed E-state index contributed by atoms with van der Waals surface area (Å²) in [7, 11) is 0. The van der Waals surface area contributed by atoms with Gasteiger partial charge < -0.3 is 11.1 Å². The van der Waals surface area contributed by atoms with Crippen molar-refractivity contribution in [3.63, 3.8) is 0 Å². The second-order valence-electron chi connectivity index (χ2n) is 3.92. The van der Waals surface area contributed by atoms with Gasteiger partial charge in [0.2, 0.25) is 5.91 Å². The first-order valence-electron chi connectivity index (χ1n) is 5.00. The molecule has 3 nitrogen and oxygen atoms in total. The quantitative estimate of drug-likeness (QED) is 0.616. The van der Waals surface area contributed by atoms with E-state index in [0.29, 0.717) is 25.4 Å². The van der Waals surface area contributed by atoms with Crippen molar-refractivity contribution in [3.05, 3.63) is 0 Å². The molecule has 0 bridgehead atoms. The van der Waals surface area contributed by atoms with E-state index in [2.05, 4.69) is 25.1 Å². The molecular weight excluding hydrogens is 176 g/mol. The molecule has 0 aromatic carbocycles. The van der Waals surface area contributed by atoms with E-state index in [-0.39, 0.29) is 11.8 Å². The summed E-state index contributed by atoms with van der Waals surface area (Å²) in [6.45, 7) is 5.11. The number of hydrogen-bond acceptors (Lipinski definition) is 2. The Balaban J connectivity index is 3.81. The molecule has 3 N–H and O–H groups in total. The van der Waals surface area contributed by atoms with Crippen molar-refractivity contribution in [1.29, 1.82) is 0 Å². The molecule has 1 atom stereocenters. The molecule has 0 unspecified atom stereocenters. The predicted octanol–water partition coefficient (Wildman–Crippen LogP) is 0.747. The van der Waals surface area contributed by atoms with Gasteiger partial charge in [-0.1, -0.05) is 19.8 Å². The Kier molecular flexibility index (Phi) is 6.87. The van der Waals surface area contributed by atoms with E-state index in [1.807, 2.05) is 0 Å². The summed E-state index contributed by atoms with van der Waals surface area (Å²) in [5, 5.41) is 2.64. The van der Waals surface area contributed by atoms with Gasteiger partial charge >= 0.3 is 0 Å². The molecule has 0 radical (unpaired) electrons. The lowest BCUT2D eigenvalue weighted by atomic mass is 9.94. The van der Waals surface area contributed by atoms with Gasteiger partial charge in [-0.3, -0.25) is 4.79 Å². The van der Waals surface area contributed by atoms with Crippen LogP contribution in [0.4, 0.5) is 0 Å². The van der Waals surface area contributed by atoms with E-state index >= 15 is 0 Å². The molecule has 0 heterocycles. The summed E-state index contributed by atoms with van der Waals surface area (Å²) < 4.78 is 0. The van der Waals surface area contributed by atoms with E-state index in [0.717, 1.165) is 6.42 Å². The Labute approximate surface area is 86.4 Å². The minimum atomic E-state index is -0.000880. The van der Waals surface area contributed by atoms with Crippen LogP contribution in [-0.2, 0) is 4.79 Å². The van der Waals surface area contributed by atoms with Gasteiger partial charge in [0, 0.05) is 6.42 Å². The number of rotatable bonds is 6. The van der Waals surface area contributed by atoms with Crippen molar-refractivity contribution < 1.29 is 4.79 Å². The summed E-state index contributed by atoms with van der Waals surface area (Å²) in [6.07, 6.45) is 6.50. The fraction of sp³-hybridized carbons (Fsp3) is 0.727. The lowest BCUT2D eigenvalue weighted by Gasteiger charge is -2.15. The Hall–Kier alpha value is -1.01. The van der Waals surface area contributed by atoms with Crippen molar-refractivity contribution in [2.45, 2.75) is 26.7 Å². The maximum Gasteiger partial charge on any atom is 0.221 e. The van der Waals surface area contributed by atoms with Gasteiger partial charge in [0.15, 0.2) is 0 Å². The number of nitrogens with one attached hydrogen (secondary N) is 1. The van der Waals surface area contributed by atoms with Crippen LogP contribution in [0.2, 0.25) is 0 Å². The molecule has 0 aromatic heterocycles. The van der Waals surface area contributed by atoms with Crippen LogP contribution in [0, 0.1) is 24.2 Å². The highest BCUT2D eigenvalue weighted by atomic mass is 16.1. The van der Waals surface area contributed by atoms with Crippen LogP contribution in [0.1, 0.15) is 26.7 Å². The molecule has 0 rings (SSSR count). The average molecular weight is 196 g/mol. The molecule has 14 heavy (non-hydrogen) atoms. The van der Waals surface area contributed by atoms with E-state index in [1.54, 1.807) is 0 Å². The number of carbonyl (C=O) groups excluding carboxylic acids is 1. The summed E-state index contributed by atoms with van der Waals surface area (Å²) in [5.74, 6) is 3.21.